The highest BCUT2D eigenvalue weighted by Crippen LogP contribution is 2.23. The van der Waals surface area contributed by atoms with E-state index in [1.165, 1.54) is 32.1 Å². The van der Waals surface area contributed by atoms with Crippen LogP contribution < -0.4 is 5.32 Å². The van der Waals surface area contributed by atoms with Crippen LogP contribution in [0.3, 0.4) is 0 Å². The fourth-order valence-corrected chi connectivity index (χ4v) is 2.62. The molecule has 1 rings (SSSR count). The van der Waals surface area contributed by atoms with Crippen molar-refractivity contribution in [1.82, 2.24) is 0 Å². The van der Waals surface area contributed by atoms with Gasteiger partial charge >= 0.3 is 0 Å². The van der Waals surface area contributed by atoms with E-state index < -0.39 is 0 Å². The molecule has 3 nitrogen and oxygen atoms in total. The zero-order chi connectivity index (χ0) is 15.5. The second-order valence-corrected chi connectivity index (χ2v) is 6.08. The molecule has 0 aromatic heterocycles. The zero-order valence-corrected chi connectivity index (χ0v) is 14.2. The molecule has 4 heteroatoms. The van der Waals surface area contributed by atoms with Gasteiger partial charge in [-0.25, -0.2) is 0 Å². The van der Waals surface area contributed by atoms with Gasteiger partial charge in [0.1, 0.15) is 0 Å². The number of benzene rings is 1. The Kier molecular flexibility index (Phi) is 8.77. The van der Waals surface area contributed by atoms with E-state index in [2.05, 4.69) is 34.2 Å². The number of unbranched alkanes of at least 4 members (excludes halogenated alkanes) is 6. The molecule has 0 aliphatic carbocycles. The van der Waals surface area contributed by atoms with E-state index in [1.54, 1.807) is 18.2 Å². The van der Waals surface area contributed by atoms with E-state index in [0.29, 0.717) is 12.0 Å². The summed E-state index contributed by atoms with van der Waals surface area (Å²) < 4.78 is 0.745. The van der Waals surface area contributed by atoms with Gasteiger partial charge < -0.3 is 5.32 Å². The molecule has 0 radical (unpaired) electrons. The number of amides is 1. The Hall–Kier alpha value is -1.34. The summed E-state index contributed by atoms with van der Waals surface area (Å²) in [6, 6.07) is 7.24. The lowest BCUT2D eigenvalue weighted by atomic mass is 10.1. The Morgan fingerprint density at radius 1 is 1.19 bits per heavy atom. The van der Waals surface area contributed by atoms with Gasteiger partial charge in [0.15, 0.2) is 0 Å². The van der Waals surface area contributed by atoms with Gasteiger partial charge in [0, 0.05) is 10.9 Å². The summed E-state index contributed by atoms with van der Waals surface area (Å²) in [5, 5.41) is 11.7. The molecule has 0 aliphatic heterocycles. The number of nitrogens with zero attached hydrogens (tertiary/aromatic N) is 1. The maximum Gasteiger partial charge on any atom is 0.224 e. The molecule has 114 valence electrons. The Labute approximate surface area is 135 Å². The maximum absolute atomic E-state index is 11.9. The average Bonchev–Trinajstić information content (AvgIpc) is 2.48. The first-order chi connectivity index (χ1) is 10.2. The molecule has 0 aliphatic rings. The fraction of sp³-hybridized carbons (Fsp3) is 0.529. The number of anilines is 1. The minimum absolute atomic E-state index is 0.0361. The van der Waals surface area contributed by atoms with Gasteiger partial charge in [0.2, 0.25) is 5.91 Å². The highest BCUT2D eigenvalue weighted by molar-refractivity contribution is 9.10. The number of carbonyl (C=O) groups is 1. The summed E-state index contributed by atoms with van der Waals surface area (Å²) in [6.45, 7) is 2.21. The number of rotatable bonds is 9. The third-order valence-corrected chi connectivity index (χ3v) is 4.04. The Balaban J connectivity index is 2.23. The summed E-state index contributed by atoms with van der Waals surface area (Å²) in [7, 11) is 0. The van der Waals surface area contributed by atoms with E-state index in [1.807, 2.05) is 0 Å². The smallest absolute Gasteiger partial charge is 0.224 e. The Morgan fingerprint density at radius 3 is 2.48 bits per heavy atom. The van der Waals surface area contributed by atoms with E-state index in [4.69, 9.17) is 5.26 Å². The van der Waals surface area contributed by atoms with Gasteiger partial charge in [-0.05, 0) is 40.5 Å². The second-order valence-electron chi connectivity index (χ2n) is 5.23. The predicted octanol–water partition coefficient (Wildman–Crippen LogP) is 5.40. The van der Waals surface area contributed by atoms with Gasteiger partial charge in [-0.2, -0.15) is 5.26 Å². The normalized spacial score (nSPS) is 10.1. The topological polar surface area (TPSA) is 52.9 Å². The summed E-state index contributed by atoms with van der Waals surface area (Å²) in [5.74, 6) is 0.0361. The van der Waals surface area contributed by atoms with Crippen LogP contribution in [0, 0.1) is 11.3 Å². The van der Waals surface area contributed by atoms with Crippen molar-refractivity contribution in [1.29, 1.82) is 5.26 Å². The van der Waals surface area contributed by atoms with Crippen molar-refractivity contribution in [2.75, 3.05) is 5.32 Å². The van der Waals surface area contributed by atoms with E-state index in [-0.39, 0.29) is 5.91 Å². The van der Waals surface area contributed by atoms with Crippen molar-refractivity contribution < 1.29 is 4.79 Å². The average molecular weight is 351 g/mol. The maximum atomic E-state index is 11.9. The molecule has 0 unspecified atom stereocenters. The minimum atomic E-state index is 0.0361. The standard InChI is InChI=1S/C17H23BrN2O/c1-2-3-4-5-6-7-8-9-17(21)20-16-11-10-14(13-19)12-15(16)18/h10-12H,2-9H2,1H3,(H,20,21). The highest BCUT2D eigenvalue weighted by Gasteiger charge is 2.06. The molecule has 0 heterocycles. The molecule has 0 fully saturated rings. The Morgan fingerprint density at radius 2 is 1.86 bits per heavy atom. The number of hydrogen-bond acceptors (Lipinski definition) is 2. The minimum Gasteiger partial charge on any atom is -0.325 e. The molecule has 1 aromatic rings. The van der Waals surface area contributed by atoms with Crippen molar-refractivity contribution >= 4 is 27.5 Å². The van der Waals surface area contributed by atoms with Crippen molar-refractivity contribution in [3.63, 3.8) is 0 Å². The van der Waals surface area contributed by atoms with Gasteiger partial charge in [-0.1, -0.05) is 45.4 Å². The first kappa shape index (κ1) is 17.7. The quantitative estimate of drug-likeness (QED) is 0.606. The largest absolute Gasteiger partial charge is 0.325 e. The van der Waals surface area contributed by atoms with Crippen molar-refractivity contribution in [2.24, 2.45) is 0 Å². The van der Waals surface area contributed by atoms with E-state index in [0.717, 1.165) is 23.0 Å². The van der Waals surface area contributed by atoms with Crippen molar-refractivity contribution in [3.8, 4) is 6.07 Å². The molecule has 1 N–H and O–H groups in total. The first-order valence-corrected chi connectivity index (χ1v) is 8.46. The molecule has 0 saturated heterocycles. The fourth-order valence-electron chi connectivity index (χ4n) is 2.14. The number of halogens is 1. The lowest BCUT2D eigenvalue weighted by molar-refractivity contribution is -0.116. The van der Waals surface area contributed by atoms with Crippen molar-refractivity contribution in [3.05, 3.63) is 28.2 Å². The van der Waals surface area contributed by atoms with Crippen LogP contribution in [0.15, 0.2) is 22.7 Å². The van der Waals surface area contributed by atoms with Gasteiger partial charge in [-0.3, -0.25) is 4.79 Å². The zero-order valence-electron chi connectivity index (χ0n) is 12.6. The van der Waals surface area contributed by atoms with Crippen LogP contribution in [0.2, 0.25) is 0 Å². The summed E-state index contributed by atoms with van der Waals surface area (Å²) >= 11 is 3.37. The molecule has 0 saturated carbocycles. The van der Waals surface area contributed by atoms with Crippen LogP contribution in [-0.4, -0.2) is 5.91 Å². The molecule has 0 spiro atoms. The van der Waals surface area contributed by atoms with Crippen LogP contribution >= 0.6 is 15.9 Å². The van der Waals surface area contributed by atoms with Crippen LogP contribution in [0.4, 0.5) is 5.69 Å². The van der Waals surface area contributed by atoms with Crippen LogP contribution in [0.1, 0.15) is 63.9 Å². The molecule has 0 bridgehead atoms. The Bertz CT molecular complexity index is 494. The van der Waals surface area contributed by atoms with Crippen LogP contribution in [0.5, 0.6) is 0 Å². The third kappa shape index (κ3) is 7.29. The third-order valence-electron chi connectivity index (χ3n) is 3.38. The highest BCUT2D eigenvalue weighted by atomic mass is 79.9. The lowest BCUT2D eigenvalue weighted by Gasteiger charge is -2.07. The monoisotopic (exact) mass is 350 g/mol. The van der Waals surface area contributed by atoms with Crippen LogP contribution in [-0.2, 0) is 4.79 Å². The number of carbonyl (C=O) groups excluding carboxylic acids is 1. The number of nitriles is 1. The van der Waals surface area contributed by atoms with Crippen LogP contribution in [0.25, 0.3) is 0 Å². The number of nitrogens with one attached hydrogen (secondary N) is 1. The summed E-state index contributed by atoms with van der Waals surface area (Å²) in [6.07, 6.45) is 8.98. The van der Waals surface area contributed by atoms with Gasteiger partial charge in [-0.15, -0.1) is 0 Å². The second kappa shape index (κ2) is 10.4. The molecule has 21 heavy (non-hydrogen) atoms. The van der Waals surface area contributed by atoms with E-state index >= 15 is 0 Å². The molecule has 0 atom stereocenters. The number of hydrogen-bond donors (Lipinski definition) is 1. The molecule has 1 aromatic carbocycles. The SMILES string of the molecule is CCCCCCCCCC(=O)Nc1ccc(C#N)cc1Br. The first-order valence-electron chi connectivity index (χ1n) is 7.67. The molecule has 1 amide bonds. The van der Waals surface area contributed by atoms with Gasteiger partial charge in [0.25, 0.3) is 0 Å². The summed E-state index contributed by atoms with van der Waals surface area (Å²) in [4.78, 5) is 11.9. The molecular formula is C17H23BrN2O. The predicted molar refractivity (Wildman–Crippen MR) is 90.1 cm³/mol. The summed E-state index contributed by atoms with van der Waals surface area (Å²) in [5.41, 5.74) is 1.30. The lowest BCUT2D eigenvalue weighted by Crippen LogP contribution is -2.11. The van der Waals surface area contributed by atoms with Gasteiger partial charge in [0.05, 0.1) is 17.3 Å². The molecular weight excluding hydrogens is 328 g/mol. The van der Waals surface area contributed by atoms with Crippen molar-refractivity contribution in [2.45, 2.75) is 58.3 Å². The van der Waals surface area contributed by atoms with E-state index in [9.17, 15) is 4.79 Å².